The van der Waals surface area contributed by atoms with Crippen molar-refractivity contribution in [3.8, 4) is 11.5 Å². The smallest absolute Gasteiger partial charge is 0.229 e. The molecule has 2 heterocycles. The zero-order chi connectivity index (χ0) is 16.4. The maximum absolute atomic E-state index is 12.7. The molecule has 0 saturated carbocycles. The summed E-state index contributed by atoms with van der Waals surface area (Å²) in [6.07, 6.45) is 1.45. The van der Waals surface area contributed by atoms with Crippen LogP contribution in [-0.4, -0.2) is 60.0 Å². The van der Waals surface area contributed by atoms with Crippen LogP contribution in [-0.2, 0) is 11.2 Å². The van der Waals surface area contributed by atoms with Gasteiger partial charge in [-0.25, -0.2) is 0 Å². The number of hydrogen-bond acceptors (Lipinski definition) is 5. The molecule has 1 atom stereocenters. The third-order valence-electron chi connectivity index (χ3n) is 4.82. The number of carbonyl (C=O) groups is 1. The normalized spacial score (nSPS) is 22.9. The van der Waals surface area contributed by atoms with Crippen molar-refractivity contribution in [2.24, 2.45) is 5.92 Å². The average Bonchev–Trinajstić information content (AvgIpc) is 2.60. The Kier molecular flexibility index (Phi) is 4.46. The molecule has 6 nitrogen and oxygen atoms in total. The third kappa shape index (κ3) is 3.14. The Morgan fingerprint density at radius 3 is 2.83 bits per heavy atom. The first-order valence-corrected chi connectivity index (χ1v) is 7.97. The van der Waals surface area contributed by atoms with E-state index < -0.39 is 5.60 Å². The van der Waals surface area contributed by atoms with Gasteiger partial charge in [-0.05, 0) is 30.9 Å². The van der Waals surface area contributed by atoms with Gasteiger partial charge in [0, 0.05) is 13.1 Å². The number of nitrogens with zero attached hydrogens (tertiary/aromatic N) is 1. The second kappa shape index (κ2) is 6.37. The Morgan fingerprint density at radius 1 is 1.43 bits per heavy atom. The van der Waals surface area contributed by atoms with E-state index in [0.717, 1.165) is 11.3 Å². The summed E-state index contributed by atoms with van der Waals surface area (Å²) in [4.78, 5) is 14.5. The van der Waals surface area contributed by atoms with E-state index in [4.69, 9.17) is 9.47 Å². The van der Waals surface area contributed by atoms with E-state index >= 15 is 0 Å². The number of fused-ring (bicyclic) bond motifs is 1. The molecule has 2 aliphatic heterocycles. The molecule has 0 spiro atoms. The molecule has 3 rings (SSSR count). The molecule has 0 unspecified atom stereocenters. The Balaban J connectivity index is 1.66. The quantitative estimate of drug-likeness (QED) is 0.852. The van der Waals surface area contributed by atoms with Crippen LogP contribution in [0.2, 0.25) is 0 Å². The number of methoxy groups -OCH3 is 1. The number of ether oxygens (including phenoxy) is 2. The lowest BCUT2D eigenvalue weighted by atomic mass is 9.90. The van der Waals surface area contributed by atoms with Crippen molar-refractivity contribution < 1.29 is 24.5 Å². The van der Waals surface area contributed by atoms with Gasteiger partial charge in [0.25, 0.3) is 0 Å². The van der Waals surface area contributed by atoms with Gasteiger partial charge in [-0.2, -0.15) is 0 Å². The van der Waals surface area contributed by atoms with Crippen LogP contribution < -0.4 is 9.47 Å². The first-order chi connectivity index (χ1) is 11.1. The summed E-state index contributed by atoms with van der Waals surface area (Å²) in [5.74, 6) is 1.26. The maximum atomic E-state index is 12.7. The molecular formula is C17H23NO5. The van der Waals surface area contributed by atoms with Gasteiger partial charge < -0.3 is 24.6 Å². The Labute approximate surface area is 135 Å². The van der Waals surface area contributed by atoms with E-state index in [0.29, 0.717) is 44.7 Å². The van der Waals surface area contributed by atoms with Crippen LogP contribution in [0.5, 0.6) is 11.5 Å². The highest BCUT2D eigenvalue weighted by atomic mass is 16.5. The van der Waals surface area contributed by atoms with Gasteiger partial charge in [0.2, 0.25) is 5.91 Å². The number of aliphatic hydroxyl groups is 2. The molecule has 23 heavy (non-hydrogen) atoms. The number of piperidine rings is 1. The van der Waals surface area contributed by atoms with Crippen molar-refractivity contribution in [2.45, 2.75) is 24.9 Å². The molecule has 1 saturated heterocycles. The monoisotopic (exact) mass is 321 g/mol. The summed E-state index contributed by atoms with van der Waals surface area (Å²) >= 11 is 0. The topological polar surface area (TPSA) is 79.2 Å². The Morgan fingerprint density at radius 2 is 2.17 bits per heavy atom. The van der Waals surface area contributed by atoms with E-state index in [1.54, 1.807) is 12.0 Å². The van der Waals surface area contributed by atoms with Crippen LogP contribution in [0.3, 0.4) is 0 Å². The molecule has 6 heteroatoms. The van der Waals surface area contributed by atoms with E-state index in [1.165, 1.54) is 0 Å². The zero-order valence-electron chi connectivity index (χ0n) is 13.3. The number of amides is 1. The summed E-state index contributed by atoms with van der Waals surface area (Å²) in [5.41, 5.74) is -0.0578. The zero-order valence-corrected chi connectivity index (χ0v) is 13.3. The lowest BCUT2D eigenvalue weighted by molar-refractivity contribution is -0.142. The third-order valence-corrected chi connectivity index (χ3v) is 4.82. The van der Waals surface area contributed by atoms with Gasteiger partial charge in [0.05, 0.1) is 25.2 Å². The number of rotatable bonds is 3. The highest BCUT2D eigenvalue weighted by Crippen LogP contribution is 2.36. The van der Waals surface area contributed by atoms with E-state index in [9.17, 15) is 15.0 Å². The molecule has 1 fully saturated rings. The minimum Gasteiger partial charge on any atom is -0.493 e. The molecule has 126 valence electrons. The minimum absolute atomic E-state index is 0.0541. The predicted molar refractivity (Wildman–Crippen MR) is 83.5 cm³/mol. The highest BCUT2D eigenvalue weighted by molar-refractivity contribution is 5.80. The second-order valence-corrected chi connectivity index (χ2v) is 6.37. The number of carbonyl (C=O) groups excluding carboxylic acids is 1. The summed E-state index contributed by atoms with van der Waals surface area (Å²) in [6.45, 7) is 1.02. The molecule has 1 aromatic rings. The lowest BCUT2D eigenvalue weighted by Gasteiger charge is -2.39. The van der Waals surface area contributed by atoms with Crippen LogP contribution in [0, 0.1) is 5.92 Å². The minimum atomic E-state index is -1.04. The SMILES string of the molecule is COc1cccc2c1OC[C@H](C(=O)N1CCC(O)(CO)CC1)C2. The second-order valence-electron chi connectivity index (χ2n) is 6.37. The number of hydrogen-bond donors (Lipinski definition) is 2. The van der Waals surface area contributed by atoms with Gasteiger partial charge in [-0.15, -0.1) is 0 Å². The molecule has 2 aliphatic rings. The van der Waals surface area contributed by atoms with E-state index in [2.05, 4.69) is 0 Å². The molecule has 0 bridgehead atoms. The number of aliphatic hydroxyl groups excluding tert-OH is 1. The van der Waals surface area contributed by atoms with Gasteiger partial charge >= 0.3 is 0 Å². The highest BCUT2D eigenvalue weighted by Gasteiger charge is 2.36. The van der Waals surface area contributed by atoms with E-state index in [-0.39, 0.29) is 18.4 Å². The summed E-state index contributed by atoms with van der Waals surface area (Å²) in [6, 6.07) is 5.70. The predicted octanol–water partition coefficient (Wildman–Crippen LogP) is 0.592. The fourth-order valence-corrected chi connectivity index (χ4v) is 3.27. The van der Waals surface area contributed by atoms with Gasteiger partial charge in [-0.3, -0.25) is 4.79 Å². The molecule has 1 amide bonds. The summed E-state index contributed by atoms with van der Waals surface area (Å²) < 4.78 is 11.1. The van der Waals surface area contributed by atoms with Crippen molar-refractivity contribution in [1.82, 2.24) is 4.90 Å². The van der Waals surface area contributed by atoms with Crippen LogP contribution in [0.15, 0.2) is 18.2 Å². The lowest BCUT2D eigenvalue weighted by Crippen LogP contribution is -2.51. The number of benzene rings is 1. The maximum Gasteiger partial charge on any atom is 0.229 e. The molecule has 0 radical (unpaired) electrons. The van der Waals surface area contributed by atoms with Crippen molar-refractivity contribution in [1.29, 1.82) is 0 Å². The first kappa shape index (κ1) is 16.1. The summed E-state index contributed by atoms with van der Waals surface area (Å²) in [5, 5.41) is 19.2. The number of para-hydroxylation sites is 1. The first-order valence-electron chi connectivity index (χ1n) is 7.97. The van der Waals surface area contributed by atoms with Gasteiger partial charge in [0.15, 0.2) is 11.5 Å². The fraction of sp³-hybridized carbons (Fsp3) is 0.588. The van der Waals surface area contributed by atoms with Crippen molar-refractivity contribution in [2.75, 3.05) is 33.4 Å². The van der Waals surface area contributed by atoms with Crippen LogP contribution in [0.25, 0.3) is 0 Å². The molecule has 2 N–H and O–H groups in total. The molecule has 1 aromatic carbocycles. The van der Waals surface area contributed by atoms with E-state index in [1.807, 2.05) is 18.2 Å². The largest absolute Gasteiger partial charge is 0.493 e. The number of likely N-dealkylation sites (tertiary alicyclic amines) is 1. The molecule has 0 aromatic heterocycles. The Hall–Kier alpha value is -1.79. The Bertz CT molecular complexity index is 580. The van der Waals surface area contributed by atoms with Gasteiger partial charge in [-0.1, -0.05) is 12.1 Å². The van der Waals surface area contributed by atoms with Crippen molar-refractivity contribution in [3.05, 3.63) is 23.8 Å². The molecule has 0 aliphatic carbocycles. The van der Waals surface area contributed by atoms with Gasteiger partial charge in [0.1, 0.15) is 6.61 Å². The van der Waals surface area contributed by atoms with Crippen LogP contribution >= 0.6 is 0 Å². The fourth-order valence-electron chi connectivity index (χ4n) is 3.27. The molecular weight excluding hydrogens is 298 g/mol. The van der Waals surface area contributed by atoms with Crippen molar-refractivity contribution >= 4 is 5.91 Å². The van der Waals surface area contributed by atoms with Crippen molar-refractivity contribution in [3.63, 3.8) is 0 Å². The average molecular weight is 321 g/mol. The summed E-state index contributed by atoms with van der Waals surface area (Å²) in [7, 11) is 1.60. The van der Waals surface area contributed by atoms with Crippen LogP contribution in [0.1, 0.15) is 18.4 Å². The van der Waals surface area contributed by atoms with Crippen LogP contribution in [0.4, 0.5) is 0 Å². The standard InChI is InChI=1S/C17H23NO5/c1-22-14-4-2-3-12-9-13(10-23-15(12)14)16(20)18-7-5-17(21,11-19)6-8-18/h2-4,13,19,21H,5-11H2,1H3/t13-/m1/s1.